The van der Waals surface area contributed by atoms with E-state index >= 15 is 0 Å². The largest absolute Gasteiger partial charge is 0.0619 e. The maximum Gasteiger partial charge on any atom is 0.0105 e. The Kier molecular flexibility index (Phi) is 5.31. The summed E-state index contributed by atoms with van der Waals surface area (Å²) in [6.07, 6.45) is 2.32. The molecule has 0 saturated heterocycles. The van der Waals surface area contributed by atoms with Gasteiger partial charge in [0.05, 0.1) is 0 Å². The quantitative estimate of drug-likeness (QED) is 0.279. The summed E-state index contributed by atoms with van der Waals surface area (Å²) >= 11 is 0. The van der Waals surface area contributed by atoms with Gasteiger partial charge in [-0.3, -0.25) is 0 Å². The standard InChI is InChI=1S/C36H38/c1-35(2,3)31-19-12-18-29-26(25-15-9-10-16-27(25)33(29)31)21-22-30-24-14-8-7-13-23(24)28-17-11-20-32(34(28)30)36(4,5)6/h7-20,26,30H,21-22H2,1-6H3. The zero-order valence-corrected chi connectivity index (χ0v) is 22.7. The molecule has 2 unspecified atom stereocenters. The molecule has 4 aromatic rings. The van der Waals surface area contributed by atoms with Gasteiger partial charge in [0.2, 0.25) is 0 Å². The third-order valence-corrected chi connectivity index (χ3v) is 8.52. The molecule has 0 bridgehead atoms. The van der Waals surface area contributed by atoms with E-state index in [4.69, 9.17) is 0 Å². The number of hydrogen-bond donors (Lipinski definition) is 0. The molecule has 4 aromatic carbocycles. The molecule has 6 rings (SSSR count). The van der Waals surface area contributed by atoms with Gasteiger partial charge in [-0.05, 0) is 79.3 Å². The Bertz CT molecular complexity index is 1450. The zero-order chi connectivity index (χ0) is 25.2. The summed E-state index contributed by atoms with van der Waals surface area (Å²) in [4.78, 5) is 0. The fourth-order valence-corrected chi connectivity index (χ4v) is 6.96. The minimum Gasteiger partial charge on any atom is -0.0619 e. The Morgan fingerprint density at radius 3 is 1.67 bits per heavy atom. The van der Waals surface area contributed by atoms with Gasteiger partial charge >= 0.3 is 0 Å². The lowest BCUT2D eigenvalue weighted by atomic mass is 9.77. The van der Waals surface area contributed by atoms with E-state index in [1.807, 2.05) is 0 Å². The molecule has 0 heteroatoms. The molecular weight excluding hydrogens is 432 g/mol. The molecule has 0 amide bonds. The maximum atomic E-state index is 2.40. The highest BCUT2D eigenvalue weighted by Gasteiger charge is 2.36. The van der Waals surface area contributed by atoms with E-state index < -0.39 is 0 Å². The van der Waals surface area contributed by atoms with Gasteiger partial charge < -0.3 is 0 Å². The van der Waals surface area contributed by atoms with Crippen LogP contribution in [0.1, 0.15) is 99.6 Å². The van der Waals surface area contributed by atoms with Crippen molar-refractivity contribution in [3.8, 4) is 22.3 Å². The molecule has 2 atom stereocenters. The molecule has 36 heavy (non-hydrogen) atoms. The summed E-state index contributed by atoms with van der Waals surface area (Å²) in [6, 6.07) is 32.3. The van der Waals surface area contributed by atoms with Crippen molar-refractivity contribution >= 4 is 0 Å². The Balaban J connectivity index is 1.44. The first-order valence-electron chi connectivity index (χ1n) is 13.6. The molecule has 0 saturated carbocycles. The summed E-state index contributed by atoms with van der Waals surface area (Å²) in [5.41, 5.74) is 15.2. The van der Waals surface area contributed by atoms with E-state index in [2.05, 4.69) is 126 Å². The molecule has 0 aliphatic heterocycles. The Morgan fingerprint density at radius 1 is 0.472 bits per heavy atom. The van der Waals surface area contributed by atoms with Crippen LogP contribution < -0.4 is 0 Å². The van der Waals surface area contributed by atoms with E-state index in [9.17, 15) is 0 Å². The van der Waals surface area contributed by atoms with Crippen molar-refractivity contribution in [2.75, 3.05) is 0 Å². The van der Waals surface area contributed by atoms with Gasteiger partial charge in [0.15, 0.2) is 0 Å². The lowest BCUT2D eigenvalue weighted by Gasteiger charge is -2.27. The van der Waals surface area contributed by atoms with Gasteiger partial charge in [-0.15, -0.1) is 0 Å². The Hall–Kier alpha value is -3.12. The molecular formula is C36H38. The van der Waals surface area contributed by atoms with Crippen molar-refractivity contribution in [2.24, 2.45) is 0 Å². The van der Waals surface area contributed by atoms with Crippen LogP contribution in [0.3, 0.4) is 0 Å². The number of hydrogen-bond acceptors (Lipinski definition) is 0. The molecule has 0 fully saturated rings. The lowest BCUT2D eigenvalue weighted by molar-refractivity contribution is 0.565. The van der Waals surface area contributed by atoms with E-state index in [0.29, 0.717) is 11.8 Å². The highest BCUT2D eigenvalue weighted by molar-refractivity contribution is 5.83. The second kappa shape index (κ2) is 8.20. The normalized spacial score (nSPS) is 17.9. The van der Waals surface area contributed by atoms with Crippen LogP contribution in [0.5, 0.6) is 0 Å². The van der Waals surface area contributed by atoms with Gasteiger partial charge in [-0.1, -0.05) is 126 Å². The van der Waals surface area contributed by atoms with Crippen LogP contribution in [-0.4, -0.2) is 0 Å². The predicted molar refractivity (Wildman–Crippen MR) is 154 cm³/mol. The van der Waals surface area contributed by atoms with Crippen LogP contribution >= 0.6 is 0 Å². The summed E-state index contributed by atoms with van der Waals surface area (Å²) in [5.74, 6) is 0.908. The van der Waals surface area contributed by atoms with Gasteiger partial charge in [0, 0.05) is 11.8 Å². The molecule has 0 N–H and O–H groups in total. The van der Waals surface area contributed by atoms with Gasteiger partial charge in [0.25, 0.3) is 0 Å². The highest BCUT2D eigenvalue weighted by atomic mass is 14.4. The van der Waals surface area contributed by atoms with Crippen LogP contribution in [-0.2, 0) is 10.8 Å². The second-order valence-electron chi connectivity index (χ2n) is 12.9. The lowest BCUT2D eigenvalue weighted by Crippen LogP contribution is -2.16. The van der Waals surface area contributed by atoms with Crippen molar-refractivity contribution < 1.29 is 0 Å². The molecule has 0 spiro atoms. The fourth-order valence-electron chi connectivity index (χ4n) is 6.96. The van der Waals surface area contributed by atoms with Crippen molar-refractivity contribution in [1.29, 1.82) is 0 Å². The third kappa shape index (κ3) is 3.57. The van der Waals surface area contributed by atoms with E-state index in [1.54, 1.807) is 5.56 Å². The smallest absolute Gasteiger partial charge is 0.0105 e. The van der Waals surface area contributed by atoms with Crippen LogP contribution in [0.4, 0.5) is 0 Å². The van der Waals surface area contributed by atoms with E-state index in [-0.39, 0.29) is 10.8 Å². The monoisotopic (exact) mass is 470 g/mol. The molecule has 182 valence electrons. The first kappa shape index (κ1) is 23.3. The van der Waals surface area contributed by atoms with Crippen molar-refractivity contribution in [3.63, 3.8) is 0 Å². The minimum atomic E-state index is 0.123. The first-order chi connectivity index (χ1) is 17.2. The molecule has 0 heterocycles. The van der Waals surface area contributed by atoms with E-state index in [0.717, 1.165) is 12.8 Å². The topological polar surface area (TPSA) is 0 Å². The Labute approximate surface area is 217 Å². The SMILES string of the molecule is CC(C)(C)c1cccc2c1-c1ccccc1C2CCC1c2ccccc2-c2cccc(C(C)(C)C)c21. The summed E-state index contributed by atoms with van der Waals surface area (Å²) in [6.45, 7) is 14.1. The van der Waals surface area contributed by atoms with Gasteiger partial charge in [-0.2, -0.15) is 0 Å². The number of rotatable bonds is 3. The minimum absolute atomic E-state index is 0.123. The van der Waals surface area contributed by atoms with Crippen molar-refractivity contribution in [3.05, 3.63) is 118 Å². The maximum absolute atomic E-state index is 2.40. The molecule has 2 aliphatic rings. The van der Waals surface area contributed by atoms with Gasteiger partial charge in [0.1, 0.15) is 0 Å². The highest BCUT2D eigenvalue weighted by Crippen LogP contribution is 2.54. The zero-order valence-electron chi connectivity index (χ0n) is 22.7. The van der Waals surface area contributed by atoms with E-state index in [1.165, 1.54) is 50.1 Å². The number of fused-ring (bicyclic) bond motifs is 6. The Morgan fingerprint density at radius 2 is 0.972 bits per heavy atom. The molecule has 0 radical (unpaired) electrons. The van der Waals surface area contributed by atoms with Crippen LogP contribution in [0.25, 0.3) is 22.3 Å². The van der Waals surface area contributed by atoms with Gasteiger partial charge in [-0.25, -0.2) is 0 Å². The van der Waals surface area contributed by atoms with Crippen molar-refractivity contribution in [1.82, 2.24) is 0 Å². The average molecular weight is 471 g/mol. The summed E-state index contributed by atoms with van der Waals surface area (Å²) in [7, 11) is 0. The second-order valence-corrected chi connectivity index (χ2v) is 12.9. The summed E-state index contributed by atoms with van der Waals surface area (Å²) in [5, 5.41) is 0. The first-order valence-corrected chi connectivity index (χ1v) is 13.6. The predicted octanol–water partition coefficient (Wildman–Crippen LogP) is 9.99. The molecule has 2 aliphatic carbocycles. The fraction of sp³-hybridized carbons (Fsp3) is 0.333. The summed E-state index contributed by atoms with van der Waals surface area (Å²) < 4.78 is 0. The third-order valence-electron chi connectivity index (χ3n) is 8.52. The van der Waals surface area contributed by atoms with Crippen LogP contribution in [0.15, 0.2) is 84.9 Å². The molecule has 0 nitrogen and oxygen atoms in total. The average Bonchev–Trinajstić information content (AvgIpc) is 3.34. The number of benzene rings is 4. The van der Waals surface area contributed by atoms with Crippen LogP contribution in [0, 0.1) is 0 Å². The molecule has 0 aromatic heterocycles. The van der Waals surface area contributed by atoms with Crippen molar-refractivity contribution in [2.45, 2.75) is 77.0 Å². The van der Waals surface area contributed by atoms with Crippen LogP contribution in [0.2, 0.25) is 0 Å².